The molecule has 23 heavy (non-hydrogen) atoms. The normalized spacial score (nSPS) is 24.3. The first-order chi connectivity index (χ1) is 10.7. The molecule has 3 amide bonds. The van der Waals surface area contributed by atoms with Gasteiger partial charge in [-0.1, -0.05) is 12.2 Å². The predicted molar refractivity (Wildman–Crippen MR) is 84.7 cm³/mol. The van der Waals surface area contributed by atoms with E-state index in [-0.39, 0.29) is 18.4 Å². The highest BCUT2D eigenvalue weighted by Crippen LogP contribution is 2.35. The molecule has 2 rings (SSSR count). The fourth-order valence-corrected chi connectivity index (χ4v) is 3.00. The van der Waals surface area contributed by atoms with Crippen LogP contribution in [0.4, 0.5) is 4.79 Å². The molecule has 128 valence electrons. The lowest BCUT2D eigenvalue weighted by atomic mass is 9.91. The van der Waals surface area contributed by atoms with Gasteiger partial charge in [0.25, 0.3) is 5.91 Å². The number of carbonyl (C=O) groups excluding carboxylic acids is 3. The van der Waals surface area contributed by atoms with E-state index in [1.54, 1.807) is 26.8 Å². The van der Waals surface area contributed by atoms with Crippen molar-refractivity contribution in [3.05, 3.63) is 12.2 Å². The van der Waals surface area contributed by atoms with Gasteiger partial charge in [0.05, 0.1) is 6.54 Å². The SMILES string of the molecule is CNC(=O)CN1CC=C[C@]2(CCCN2C(=O)OC(C)(C)C)C1=O. The van der Waals surface area contributed by atoms with E-state index in [0.717, 1.165) is 6.42 Å². The van der Waals surface area contributed by atoms with Gasteiger partial charge in [-0.2, -0.15) is 0 Å². The largest absolute Gasteiger partial charge is 0.444 e. The van der Waals surface area contributed by atoms with E-state index in [1.165, 1.54) is 16.8 Å². The van der Waals surface area contributed by atoms with Crippen molar-refractivity contribution in [1.82, 2.24) is 15.1 Å². The third-order valence-corrected chi connectivity index (χ3v) is 4.03. The lowest BCUT2D eigenvalue weighted by Crippen LogP contribution is -2.60. The Bertz CT molecular complexity index is 538. The number of carbonyl (C=O) groups is 3. The Morgan fingerprint density at radius 3 is 2.70 bits per heavy atom. The Morgan fingerprint density at radius 2 is 2.09 bits per heavy atom. The highest BCUT2D eigenvalue weighted by molar-refractivity contribution is 5.96. The number of hydrogen-bond donors (Lipinski definition) is 1. The van der Waals surface area contributed by atoms with Gasteiger partial charge in [-0.15, -0.1) is 0 Å². The van der Waals surface area contributed by atoms with Crippen molar-refractivity contribution in [2.75, 3.05) is 26.7 Å². The lowest BCUT2D eigenvalue weighted by Gasteiger charge is -2.41. The molecule has 2 heterocycles. The monoisotopic (exact) mass is 323 g/mol. The Kier molecular flexibility index (Phi) is 4.68. The number of rotatable bonds is 2. The van der Waals surface area contributed by atoms with Crippen LogP contribution in [0, 0.1) is 0 Å². The lowest BCUT2D eigenvalue weighted by molar-refractivity contribution is -0.143. The summed E-state index contributed by atoms with van der Waals surface area (Å²) in [6.07, 6.45) is 4.41. The average molecular weight is 323 g/mol. The van der Waals surface area contributed by atoms with Gasteiger partial charge >= 0.3 is 6.09 Å². The van der Waals surface area contributed by atoms with Gasteiger partial charge in [0.2, 0.25) is 5.91 Å². The minimum absolute atomic E-state index is 0.0103. The fraction of sp³-hybridized carbons (Fsp3) is 0.688. The van der Waals surface area contributed by atoms with Gasteiger partial charge < -0.3 is 15.0 Å². The van der Waals surface area contributed by atoms with E-state index >= 15 is 0 Å². The molecule has 1 N–H and O–H groups in total. The first-order valence-corrected chi connectivity index (χ1v) is 7.88. The third kappa shape index (κ3) is 3.48. The molecule has 0 aromatic carbocycles. The zero-order valence-electron chi connectivity index (χ0n) is 14.2. The van der Waals surface area contributed by atoms with Crippen LogP contribution >= 0.6 is 0 Å². The van der Waals surface area contributed by atoms with Gasteiger partial charge in [0.1, 0.15) is 11.1 Å². The van der Waals surface area contributed by atoms with Crippen LogP contribution in [0.15, 0.2) is 12.2 Å². The molecule has 0 aromatic rings. The molecule has 0 unspecified atom stereocenters. The van der Waals surface area contributed by atoms with Crippen molar-refractivity contribution < 1.29 is 19.1 Å². The van der Waals surface area contributed by atoms with E-state index in [1.807, 2.05) is 6.08 Å². The predicted octanol–water partition coefficient (Wildman–Crippen LogP) is 0.901. The van der Waals surface area contributed by atoms with Crippen molar-refractivity contribution in [2.24, 2.45) is 0 Å². The van der Waals surface area contributed by atoms with Crippen LogP contribution in [-0.4, -0.2) is 65.5 Å². The van der Waals surface area contributed by atoms with Crippen molar-refractivity contribution in [3.8, 4) is 0 Å². The van der Waals surface area contributed by atoms with Gasteiger partial charge in [-0.3, -0.25) is 14.5 Å². The topological polar surface area (TPSA) is 79.0 Å². The summed E-state index contributed by atoms with van der Waals surface area (Å²) in [5.74, 6) is -0.447. The molecular weight excluding hydrogens is 298 g/mol. The second kappa shape index (κ2) is 6.22. The molecule has 0 aliphatic carbocycles. The van der Waals surface area contributed by atoms with E-state index in [4.69, 9.17) is 4.74 Å². The van der Waals surface area contributed by atoms with Crippen molar-refractivity contribution in [3.63, 3.8) is 0 Å². The third-order valence-electron chi connectivity index (χ3n) is 4.03. The number of nitrogens with one attached hydrogen (secondary N) is 1. The fourth-order valence-electron chi connectivity index (χ4n) is 3.00. The quantitative estimate of drug-likeness (QED) is 0.766. The second-order valence-corrected chi connectivity index (χ2v) is 6.92. The summed E-state index contributed by atoms with van der Waals surface area (Å²) >= 11 is 0. The molecule has 1 atom stereocenters. The zero-order chi connectivity index (χ0) is 17.3. The minimum atomic E-state index is -1.02. The summed E-state index contributed by atoms with van der Waals surface area (Å²) < 4.78 is 5.44. The van der Waals surface area contributed by atoms with Crippen LogP contribution in [0.25, 0.3) is 0 Å². The average Bonchev–Trinajstić information content (AvgIpc) is 2.87. The van der Waals surface area contributed by atoms with Crippen molar-refractivity contribution in [1.29, 1.82) is 0 Å². The summed E-state index contributed by atoms with van der Waals surface area (Å²) in [5.41, 5.74) is -1.64. The molecule has 2 aliphatic heterocycles. The van der Waals surface area contributed by atoms with Gasteiger partial charge in [0, 0.05) is 20.1 Å². The van der Waals surface area contributed by atoms with Crippen LogP contribution in [-0.2, 0) is 14.3 Å². The number of amides is 3. The van der Waals surface area contributed by atoms with Crippen LogP contribution < -0.4 is 5.32 Å². The Hall–Kier alpha value is -2.05. The smallest absolute Gasteiger partial charge is 0.411 e. The molecule has 1 spiro atoms. The number of likely N-dealkylation sites (tertiary alicyclic amines) is 1. The van der Waals surface area contributed by atoms with Crippen LogP contribution in [0.5, 0.6) is 0 Å². The summed E-state index contributed by atoms with van der Waals surface area (Å²) in [6.45, 7) is 6.22. The zero-order valence-corrected chi connectivity index (χ0v) is 14.2. The van der Waals surface area contributed by atoms with E-state index in [2.05, 4.69) is 5.32 Å². The number of nitrogens with zero attached hydrogens (tertiary/aromatic N) is 2. The molecule has 0 saturated carbocycles. The summed E-state index contributed by atoms with van der Waals surface area (Å²) in [4.78, 5) is 40.0. The summed E-state index contributed by atoms with van der Waals surface area (Å²) in [7, 11) is 1.53. The first kappa shape index (κ1) is 17.3. The minimum Gasteiger partial charge on any atom is -0.444 e. The number of ether oxygens (including phenoxy) is 1. The maximum Gasteiger partial charge on any atom is 0.411 e. The van der Waals surface area contributed by atoms with Crippen LogP contribution in [0.2, 0.25) is 0 Å². The van der Waals surface area contributed by atoms with Gasteiger partial charge in [-0.05, 0) is 33.6 Å². The Morgan fingerprint density at radius 1 is 1.39 bits per heavy atom. The van der Waals surface area contributed by atoms with Crippen molar-refractivity contribution in [2.45, 2.75) is 44.8 Å². The summed E-state index contributed by atoms with van der Waals surface area (Å²) in [6, 6.07) is 0. The summed E-state index contributed by atoms with van der Waals surface area (Å²) in [5, 5.41) is 2.51. The second-order valence-electron chi connectivity index (χ2n) is 6.92. The molecule has 1 saturated heterocycles. The Balaban J connectivity index is 2.22. The highest BCUT2D eigenvalue weighted by Gasteiger charge is 2.52. The Labute approximate surface area is 136 Å². The van der Waals surface area contributed by atoms with Crippen molar-refractivity contribution >= 4 is 17.9 Å². The van der Waals surface area contributed by atoms with Crippen LogP contribution in [0.3, 0.4) is 0 Å². The molecule has 7 heteroatoms. The van der Waals surface area contributed by atoms with Gasteiger partial charge in [0.15, 0.2) is 0 Å². The molecular formula is C16H25N3O4. The maximum absolute atomic E-state index is 12.9. The number of likely N-dealkylation sites (N-methyl/N-ethyl adjacent to an activating group) is 1. The van der Waals surface area contributed by atoms with Crippen LogP contribution in [0.1, 0.15) is 33.6 Å². The maximum atomic E-state index is 12.9. The van der Waals surface area contributed by atoms with E-state index in [9.17, 15) is 14.4 Å². The van der Waals surface area contributed by atoms with E-state index in [0.29, 0.717) is 19.5 Å². The standard InChI is InChI=1S/C16H25N3O4/c1-15(2,3)23-14(22)19-10-6-8-16(19)7-5-9-18(13(16)21)11-12(20)17-4/h5,7H,6,8-11H2,1-4H3,(H,17,20)/t16-/m0/s1. The van der Waals surface area contributed by atoms with E-state index < -0.39 is 17.2 Å². The molecule has 1 fully saturated rings. The first-order valence-electron chi connectivity index (χ1n) is 7.88. The molecule has 7 nitrogen and oxygen atoms in total. The van der Waals surface area contributed by atoms with Gasteiger partial charge in [-0.25, -0.2) is 4.79 Å². The molecule has 0 bridgehead atoms. The molecule has 0 radical (unpaired) electrons. The number of hydrogen-bond acceptors (Lipinski definition) is 4. The highest BCUT2D eigenvalue weighted by atomic mass is 16.6. The molecule has 2 aliphatic rings. The molecule has 0 aromatic heterocycles.